The minimum absolute atomic E-state index is 0.322. The topological polar surface area (TPSA) is 61.5 Å². The van der Waals surface area contributed by atoms with Crippen molar-refractivity contribution in [1.29, 1.82) is 0 Å². The minimum atomic E-state index is -0.411. The lowest BCUT2D eigenvalue weighted by molar-refractivity contribution is -0.213. The number of hydrogen-bond donors (Lipinski definition) is 1. The summed E-state index contributed by atoms with van der Waals surface area (Å²) < 4.78 is 0. The molecule has 0 amide bonds. The summed E-state index contributed by atoms with van der Waals surface area (Å²) in [6.07, 6.45) is 1.04. The number of carbonyl (C=O) groups excluding carboxylic acids is 1. The van der Waals surface area contributed by atoms with Gasteiger partial charge >= 0.3 is 5.97 Å². The first-order valence-corrected chi connectivity index (χ1v) is 4.93. The summed E-state index contributed by atoms with van der Waals surface area (Å²) in [5, 5.41) is 0.433. The third kappa shape index (κ3) is 3.67. The van der Waals surface area contributed by atoms with E-state index in [0.717, 1.165) is 0 Å². The SMILES string of the molecule is CCCC(=O)OOc1ccc(Cl)c(N)c1. The Labute approximate surface area is 92.9 Å². The smallest absolute Gasteiger partial charge is 0.355 e. The standard InChI is InChI=1S/C10H12ClNO3/c1-2-3-10(13)15-14-7-4-5-8(11)9(12)6-7/h4-6H,2-3,12H2,1H3. The Morgan fingerprint density at radius 1 is 1.53 bits per heavy atom. The number of rotatable bonds is 4. The Balaban J connectivity index is 2.51. The van der Waals surface area contributed by atoms with E-state index in [4.69, 9.17) is 22.2 Å². The maximum atomic E-state index is 11.0. The third-order valence-corrected chi connectivity index (χ3v) is 2.00. The Morgan fingerprint density at radius 3 is 2.87 bits per heavy atom. The summed E-state index contributed by atoms with van der Waals surface area (Å²) in [6, 6.07) is 4.62. The molecule has 0 atom stereocenters. The fourth-order valence-electron chi connectivity index (χ4n) is 0.914. The normalized spacial score (nSPS) is 9.73. The second-order valence-corrected chi connectivity index (χ2v) is 3.38. The first kappa shape index (κ1) is 11.7. The summed E-state index contributed by atoms with van der Waals surface area (Å²) in [7, 11) is 0. The van der Waals surface area contributed by atoms with Gasteiger partial charge in [0, 0.05) is 12.5 Å². The van der Waals surface area contributed by atoms with Crippen LogP contribution in [0.3, 0.4) is 0 Å². The van der Waals surface area contributed by atoms with E-state index in [-0.39, 0.29) is 0 Å². The number of carbonyl (C=O) groups is 1. The van der Waals surface area contributed by atoms with Crippen LogP contribution >= 0.6 is 11.6 Å². The molecule has 82 valence electrons. The van der Waals surface area contributed by atoms with Crippen molar-refractivity contribution in [2.75, 3.05) is 5.73 Å². The van der Waals surface area contributed by atoms with Crippen LogP contribution in [0.25, 0.3) is 0 Å². The first-order valence-electron chi connectivity index (χ1n) is 4.56. The van der Waals surface area contributed by atoms with E-state index in [9.17, 15) is 4.79 Å². The van der Waals surface area contributed by atoms with Gasteiger partial charge in [-0.05, 0) is 18.6 Å². The van der Waals surface area contributed by atoms with Gasteiger partial charge in [-0.3, -0.25) is 9.78 Å². The lowest BCUT2D eigenvalue weighted by atomic mass is 10.3. The summed E-state index contributed by atoms with van der Waals surface area (Å²) in [5.74, 6) is -0.0626. The highest BCUT2D eigenvalue weighted by Gasteiger charge is 2.04. The summed E-state index contributed by atoms with van der Waals surface area (Å²) in [6.45, 7) is 1.88. The minimum Gasteiger partial charge on any atom is -0.397 e. The molecule has 0 bridgehead atoms. The lowest BCUT2D eigenvalue weighted by Crippen LogP contribution is -2.07. The Hall–Kier alpha value is -1.42. The molecular weight excluding hydrogens is 218 g/mol. The van der Waals surface area contributed by atoms with Gasteiger partial charge in [-0.2, -0.15) is 0 Å². The van der Waals surface area contributed by atoms with Crippen molar-refractivity contribution in [3.63, 3.8) is 0 Å². The van der Waals surface area contributed by atoms with Gasteiger partial charge in [0.05, 0.1) is 10.7 Å². The molecule has 0 unspecified atom stereocenters. The van der Waals surface area contributed by atoms with Crippen LogP contribution in [0.2, 0.25) is 5.02 Å². The zero-order valence-electron chi connectivity index (χ0n) is 8.33. The van der Waals surface area contributed by atoms with E-state index in [0.29, 0.717) is 29.3 Å². The maximum Gasteiger partial charge on any atom is 0.355 e. The molecule has 0 radical (unpaired) electrons. The van der Waals surface area contributed by atoms with Gasteiger partial charge in [0.25, 0.3) is 0 Å². The molecule has 4 nitrogen and oxygen atoms in total. The van der Waals surface area contributed by atoms with E-state index in [2.05, 4.69) is 4.89 Å². The van der Waals surface area contributed by atoms with Crippen molar-refractivity contribution in [3.05, 3.63) is 23.2 Å². The average molecular weight is 230 g/mol. The van der Waals surface area contributed by atoms with E-state index in [1.54, 1.807) is 12.1 Å². The Morgan fingerprint density at radius 2 is 2.27 bits per heavy atom. The van der Waals surface area contributed by atoms with Crippen LogP contribution in [0.15, 0.2) is 18.2 Å². The number of nitrogens with two attached hydrogens (primary N) is 1. The van der Waals surface area contributed by atoms with E-state index in [1.165, 1.54) is 6.07 Å². The number of halogens is 1. The molecule has 1 aromatic carbocycles. The molecule has 5 heteroatoms. The van der Waals surface area contributed by atoms with Crippen LogP contribution in [-0.2, 0) is 9.68 Å². The van der Waals surface area contributed by atoms with Crippen LogP contribution in [0, 0.1) is 0 Å². The molecule has 1 rings (SSSR count). The van der Waals surface area contributed by atoms with E-state index >= 15 is 0 Å². The Bertz CT molecular complexity index is 355. The third-order valence-electron chi connectivity index (χ3n) is 1.65. The van der Waals surface area contributed by atoms with Crippen LogP contribution in [-0.4, -0.2) is 5.97 Å². The number of benzene rings is 1. The van der Waals surface area contributed by atoms with Crippen molar-refractivity contribution in [2.45, 2.75) is 19.8 Å². The second kappa shape index (κ2) is 5.46. The number of nitrogen functional groups attached to an aromatic ring is 1. The highest BCUT2D eigenvalue weighted by atomic mass is 35.5. The summed E-state index contributed by atoms with van der Waals surface area (Å²) in [4.78, 5) is 20.3. The van der Waals surface area contributed by atoms with Crippen LogP contribution in [0.1, 0.15) is 19.8 Å². The zero-order valence-corrected chi connectivity index (χ0v) is 9.08. The molecule has 0 heterocycles. The van der Waals surface area contributed by atoms with Gasteiger partial charge in [-0.25, -0.2) is 4.79 Å². The van der Waals surface area contributed by atoms with Gasteiger partial charge in [-0.15, -0.1) is 0 Å². The predicted octanol–water partition coefficient (Wildman–Crippen LogP) is 2.56. The largest absolute Gasteiger partial charge is 0.397 e. The molecule has 0 aliphatic heterocycles. The molecule has 0 saturated carbocycles. The molecule has 0 aliphatic carbocycles. The van der Waals surface area contributed by atoms with E-state index < -0.39 is 5.97 Å². The summed E-state index contributed by atoms with van der Waals surface area (Å²) >= 11 is 5.70. The van der Waals surface area contributed by atoms with Crippen molar-refractivity contribution in [3.8, 4) is 5.75 Å². The molecule has 0 saturated heterocycles. The second-order valence-electron chi connectivity index (χ2n) is 2.97. The average Bonchev–Trinajstić information content (AvgIpc) is 2.20. The molecule has 1 aromatic rings. The lowest BCUT2D eigenvalue weighted by Gasteiger charge is -2.04. The molecule has 0 fully saturated rings. The van der Waals surface area contributed by atoms with Gasteiger partial charge in [0.2, 0.25) is 0 Å². The fourth-order valence-corrected chi connectivity index (χ4v) is 1.03. The zero-order chi connectivity index (χ0) is 11.3. The van der Waals surface area contributed by atoms with Crippen molar-refractivity contribution in [1.82, 2.24) is 0 Å². The number of anilines is 1. The maximum absolute atomic E-state index is 11.0. The molecule has 0 aromatic heterocycles. The van der Waals surface area contributed by atoms with Gasteiger partial charge < -0.3 is 5.73 Å². The molecule has 0 aliphatic rings. The predicted molar refractivity (Wildman–Crippen MR) is 57.5 cm³/mol. The van der Waals surface area contributed by atoms with Crippen molar-refractivity contribution in [2.24, 2.45) is 0 Å². The molecule has 2 N–H and O–H groups in total. The van der Waals surface area contributed by atoms with Crippen LogP contribution in [0.5, 0.6) is 5.75 Å². The van der Waals surface area contributed by atoms with Gasteiger partial charge in [0.15, 0.2) is 5.75 Å². The fraction of sp³-hybridized carbons (Fsp3) is 0.300. The molecule has 0 spiro atoms. The highest BCUT2D eigenvalue weighted by molar-refractivity contribution is 6.33. The monoisotopic (exact) mass is 229 g/mol. The number of hydrogen-bond acceptors (Lipinski definition) is 4. The Kier molecular flexibility index (Phi) is 4.24. The van der Waals surface area contributed by atoms with Crippen LogP contribution in [0.4, 0.5) is 5.69 Å². The van der Waals surface area contributed by atoms with Crippen LogP contribution < -0.4 is 10.6 Å². The van der Waals surface area contributed by atoms with Crippen molar-refractivity contribution < 1.29 is 14.6 Å². The van der Waals surface area contributed by atoms with Gasteiger partial charge in [-0.1, -0.05) is 18.5 Å². The van der Waals surface area contributed by atoms with E-state index in [1.807, 2.05) is 6.92 Å². The molecule has 15 heavy (non-hydrogen) atoms. The highest BCUT2D eigenvalue weighted by Crippen LogP contribution is 2.23. The van der Waals surface area contributed by atoms with Crippen molar-refractivity contribution >= 4 is 23.3 Å². The molecular formula is C10H12ClNO3. The summed E-state index contributed by atoms with van der Waals surface area (Å²) in [5.41, 5.74) is 5.91. The first-order chi connectivity index (χ1) is 7.13. The quantitative estimate of drug-likeness (QED) is 0.490. The van der Waals surface area contributed by atoms with Gasteiger partial charge in [0.1, 0.15) is 0 Å².